The highest BCUT2D eigenvalue weighted by molar-refractivity contribution is 6.30. The van der Waals surface area contributed by atoms with Gasteiger partial charge in [-0.25, -0.2) is 0 Å². The predicted octanol–water partition coefficient (Wildman–Crippen LogP) is 1.90. The number of carbonyl (C=O) groups is 2. The Hall–Kier alpha value is -1.86. The molecule has 0 spiro atoms. The van der Waals surface area contributed by atoms with Crippen molar-refractivity contribution in [1.29, 1.82) is 5.26 Å². The molecule has 2 atom stereocenters. The molecule has 18 heavy (non-hydrogen) atoms. The Balaban J connectivity index is 2.97. The summed E-state index contributed by atoms with van der Waals surface area (Å²) in [4.78, 5) is 23.5. The van der Waals surface area contributed by atoms with E-state index in [1.807, 2.05) is 0 Å². The van der Waals surface area contributed by atoms with Crippen LogP contribution in [-0.4, -0.2) is 18.7 Å². The number of rotatable bonds is 4. The van der Waals surface area contributed by atoms with E-state index in [4.69, 9.17) is 16.9 Å². The molecule has 0 radical (unpaired) electrons. The van der Waals surface area contributed by atoms with E-state index in [0.717, 1.165) is 0 Å². The lowest BCUT2D eigenvalue weighted by molar-refractivity contribution is -0.132. The van der Waals surface area contributed by atoms with Gasteiger partial charge in [-0.1, -0.05) is 30.7 Å². The summed E-state index contributed by atoms with van der Waals surface area (Å²) in [6, 6.07) is 8.54. The third-order valence-electron chi connectivity index (χ3n) is 2.70. The molecule has 1 aromatic rings. The van der Waals surface area contributed by atoms with Gasteiger partial charge in [0, 0.05) is 18.0 Å². The molecule has 0 bridgehead atoms. The van der Waals surface area contributed by atoms with Gasteiger partial charge in [0.2, 0.25) is 5.91 Å². The molecule has 1 amide bonds. The molecule has 0 saturated carbocycles. The summed E-state index contributed by atoms with van der Waals surface area (Å²) in [7, 11) is 1.39. The molecule has 0 aliphatic heterocycles. The number of hydrogen-bond acceptors (Lipinski definition) is 3. The molecule has 0 aliphatic carbocycles. The van der Waals surface area contributed by atoms with Gasteiger partial charge in [0.15, 0.2) is 11.7 Å². The Morgan fingerprint density at radius 1 is 1.44 bits per heavy atom. The van der Waals surface area contributed by atoms with Gasteiger partial charge in [-0.05, 0) is 17.7 Å². The highest BCUT2D eigenvalue weighted by atomic mass is 35.5. The molecule has 5 heteroatoms. The standard InChI is InChI=1S/C13H13ClN2O2/c1-8(9-4-3-5-10(14)6-9)12(17)11(7-15)13(18)16-2/h3-6,8,11H,1-2H3,(H,16,18)/t8-,11+/m1/s1. The Labute approximate surface area is 111 Å². The third-order valence-corrected chi connectivity index (χ3v) is 2.93. The van der Waals surface area contributed by atoms with Crippen LogP contribution in [0.4, 0.5) is 0 Å². The van der Waals surface area contributed by atoms with Crippen molar-refractivity contribution >= 4 is 23.3 Å². The number of ketones is 1. The quantitative estimate of drug-likeness (QED) is 0.845. The van der Waals surface area contributed by atoms with Gasteiger partial charge < -0.3 is 5.32 Å². The minimum Gasteiger partial charge on any atom is -0.358 e. The van der Waals surface area contributed by atoms with E-state index < -0.39 is 23.5 Å². The molecule has 0 saturated heterocycles. The van der Waals surface area contributed by atoms with Crippen LogP contribution in [0.2, 0.25) is 5.02 Å². The van der Waals surface area contributed by atoms with E-state index in [2.05, 4.69) is 5.32 Å². The van der Waals surface area contributed by atoms with Crippen molar-refractivity contribution in [2.75, 3.05) is 7.05 Å². The number of nitrogens with zero attached hydrogens (tertiary/aromatic N) is 1. The Kier molecular flexibility index (Phi) is 4.87. The maximum Gasteiger partial charge on any atom is 0.244 e. The van der Waals surface area contributed by atoms with Crippen molar-refractivity contribution in [3.05, 3.63) is 34.9 Å². The van der Waals surface area contributed by atoms with Crippen LogP contribution >= 0.6 is 11.6 Å². The summed E-state index contributed by atoms with van der Waals surface area (Å²) in [6.07, 6.45) is 0. The molecule has 0 heterocycles. The summed E-state index contributed by atoms with van der Waals surface area (Å²) < 4.78 is 0. The number of Topliss-reactive ketones (excluding diaryl/α,β-unsaturated/α-hetero) is 1. The molecular weight excluding hydrogens is 252 g/mol. The number of hydrogen-bond donors (Lipinski definition) is 1. The molecule has 1 aromatic carbocycles. The normalized spacial score (nSPS) is 13.2. The van der Waals surface area contributed by atoms with Gasteiger partial charge in [0.05, 0.1) is 6.07 Å². The van der Waals surface area contributed by atoms with E-state index in [0.29, 0.717) is 10.6 Å². The second-order valence-electron chi connectivity index (χ2n) is 3.86. The molecule has 0 fully saturated rings. The Bertz CT molecular complexity index is 508. The molecule has 0 unspecified atom stereocenters. The van der Waals surface area contributed by atoms with Crippen molar-refractivity contribution in [2.24, 2.45) is 5.92 Å². The zero-order valence-electron chi connectivity index (χ0n) is 10.1. The molecule has 1 N–H and O–H groups in total. The highest BCUT2D eigenvalue weighted by Crippen LogP contribution is 2.22. The molecule has 0 aromatic heterocycles. The van der Waals surface area contributed by atoms with Crippen LogP contribution in [-0.2, 0) is 9.59 Å². The zero-order valence-corrected chi connectivity index (χ0v) is 10.9. The maximum atomic E-state index is 12.1. The topological polar surface area (TPSA) is 70.0 Å². The molecule has 0 aliphatic rings. The average Bonchev–Trinajstić information content (AvgIpc) is 2.38. The van der Waals surface area contributed by atoms with Crippen molar-refractivity contribution in [3.8, 4) is 6.07 Å². The zero-order chi connectivity index (χ0) is 13.7. The Morgan fingerprint density at radius 3 is 2.61 bits per heavy atom. The van der Waals surface area contributed by atoms with E-state index in [1.54, 1.807) is 37.3 Å². The summed E-state index contributed by atoms with van der Waals surface area (Å²) in [6.45, 7) is 1.65. The van der Waals surface area contributed by atoms with Crippen LogP contribution in [0, 0.1) is 17.2 Å². The lowest BCUT2D eigenvalue weighted by atomic mass is 9.89. The van der Waals surface area contributed by atoms with Crippen LogP contribution in [0.5, 0.6) is 0 Å². The van der Waals surface area contributed by atoms with E-state index >= 15 is 0 Å². The fourth-order valence-corrected chi connectivity index (χ4v) is 1.78. The predicted molar refractivity (Wildman–Crippen MR) is 68.0 cm³/mol. The van der Waals surface area contributed by atoms with Crippen molar-refractivity contribution in [1.82, 2.24) is 5.32 Å². The third kappa shape index (κ3) is 3.08. The van der Waals surface area contributed by atoms with Gasteiger partial charge in [-0.15, -0.1) is 0 Å². The van der Waals surface area contributed by atoms with Gasteiger partial charge in [0.1, 0.15) is 0 Å². The summed E-state index contributed by atoms with van der Waals surface area (Å²) in [5.41, 5.74) is 0.691. The van der Waals surface area contributed by atoms with Crippen molar-refractivity contribution < 1.29 is 9.59 Å². The van der Waals surface area contributed by atoms with E-state index in [-0.39, 0.29) is 0 Å². The van der Waals surface area contributed by atoms with E-state index in [9.17, 15) is 9.59 Å². The fourth-order valence-electron chi connectivity index (χ4n) is 1.59. The largest absolute Gasteiger partial charge is 0.358 e. The lowest BCUT2D eigenvalue weighted by Crippen LogP contribution is -2.34. The first-order valence-electron chi connectivity index (χ1n) is 5.41. The van der Waals surface area contributed by atoms with Crippen LogP contribution in [0.15, 0.2) is 24.3 Å². The first kappa shape index (κ1) is 14.2. The minimum absolute atomic E-state index is 0.431. The van der Waals surface area contributed by atoms with Gasteiger partial charge in [0.25, 0.3) is 0 Å². The molecular formula is C13H13ClN2O2. The monoisotopic (exact) mass is 264 g/mol. The van der Waals surface area contributed by atoms with Gasteiger partial charge >= 0.3 is 0 Å². The second-order valence-corrected chi connectivity index (χ2v) is 4.29. The van der Waals surface area contributed by atoms with Crippen LogP contribution in [0.1, 0.15) is 18.4 Å². The summed E-state index contributed by atoms with van der Waals surface area (Å²) >= 11 is 5.84. The first-order valence-corrected chi connectivity index (χ1v) is 5.79. The Morgan fingerprint density at radius 2 is 2.11 bits per heavy atom. The van der Waals surface area contributed by atoms with Gasteiger partial charge in [-0.3, -0.25) is 9.59 Å². The highest BCUT2D eigenvalue weighted by Gasteiger charge is 2.30. The summed E-state index contributed by atoms with van der Waals surface area (Å²) in [5, 5.41) is 11.7. The second kappa shape index (κ2) is 6.18. The van der Waals surface area contributed by atoms with E-state index in [1.165, 1.54) is 7.05 Å². The average molecular weight is 265 g/mol. The summed E-state index contributed by atoms with van der Waals surface area (Å²) in [5.74, 6) is -2.86. The number of benzene rings is 1. The fraction of sp³-hybridized carbons (Fsp3) is 0.308. The van der Waals surface area contributed by atoms with Crippen LogP contribution < -0.4 is 5.32 Å². The van der Waals surface area contributed by atoms with Crippen LogP contribution in [0.25, 0.3) is 0 Å². The smallest absolute Gasteiger partial charge is 0.244 e. The molecule has 4 nitrogen and oxygen atoms in total. The SMILES string of the molecule is CNC(=O)[C@@H](C#N)C(=O)[C@H](C)c1cccc(Cl)c1. The number of nitrogens with one attached hydrogen (secondary N) is 1. The number of amides is 1. The first-order chi connectivity index (χ1) is 8.51. The maximum absolute atomic E-state index is 12.1. The lowest BCUT2D eigenvalue weighted by Gasteiger charge is -2.14. The van der Waals surface area contributed by atoms with Crippen molar-refractivity contribution in [2.45, 2.75) is 12.8 Å². The van der Waals surface area contributed by atoms with Crippen molar-refractivity contribution in [3.63, 3.8) is 0 Å². The number of halogens is 1. The molecule has 94 valence electrons. The molecule has 1 rings (SSSR count). The number of nitriles is 1. The number of carbonyl (C=O) groups excluding carboxylic acids is 2. The van der Waals surface area contributed by atoms with Crippen LogP contribution in [0.3, 0.4) is 0 Å². The van der Waals surface area contributed by atoms with Gasteiger partial charge in [-0.2, -0.15) is 5.26 Å². The minimum atomic E-state index is -1.29.